The summed E-state index contributed by atoms with van der Waals surface area (Å²) in [5, 5.41) is 19.7. The Bertz CT molecular complexity index is 1440. The number of aromatic nitrogens is 3. The molecule has 11 nitrogen and oxygen atoms in total. The highest BCUT2D eigenvalue weighted by atomic mass is 32.2. The number of aliphatic hydroxyl groups is 1. The third-order valence-electron chi connectivity index (χ3n) is 6.80. The summed E-state index contributed by atoms with van der Waals surface area (Å²) in [6.45, 7) is 4.51. The van der Waals surface area contributed by atoms with E-state index in [9.17, 15) is 13.5 Å². The molecular weight excluding hydrogens is 470 g/mol. The summed E-state index contributed by atoms with van der Waals surface area (Å²) >= 11 is 0. The van der Waals surface area contributed by atoms with Crippen molar-refractivity contribution in [3.05, 3.63) is 59.2 Å². The van der Waals surface area contributed by atoms with E-state index in [0.717, 1.165) is 24.1 Å². The lowest BCUT2D eigenvalue weighted by molar-refractivity contribution is 0.0429. The fraction of sp³-hybridized carbons (Fsp3) is 0.435. The van der Waals surface area contributed by atoms with Gasteiger partial charge in [0.1, 0.15) is 6.04 Å². The van der Waals surface area contributed by atoms with Crippen molar-refractivity contribution in [3.8, 4) is 0 Å². The van der Waals surface area contributed by atoms with Crippen molar-refractivity contribution < 1.29 is 18.0 Å². The van der Waals surface area contributed by atoms with Gasteiger partial charge in [-0.15, -0.1) is 0 Å². The second kappa shape index (κ2) is 7.64. The van der Waals surface area contributed by atoms with Gasteiger partial charge in [0.25, 0.3) is 0 Å². The highest BCUT2D eigenvalue weighted by Crippen LogP contribution is 2.44. The molecule has 12 heteroatoms. The van der Waals surface area contributed by atoms with Gasteiger partial charge in [-0.25, -0.2) is 18.1 Å². The van der Waals surface area contributed by atoms with Crippen LogP contribution in [0.2, 0.25) is 0 Å². The lowest BCUT2D eigenvalue weighted by Gasteiger charge is -2.42. The zero-order valence-electron chi connectivity index (χ0n) is 19.7. The lowest BCUT2D eigenvalue weighted by Crippen LogP contribution is -2.49. The first kappa shape index (κ1) is 22.3. The molecule has 1 unspecified atom stereocenters. The average Bonchev–Trinajstić information content (AvgIpc) is 3.19. The van der Waals surface area contributed by atoms with Crippen molar-refractivity contribution in [2.24, 2.45) is 12.0 Å². The first-order valence-corrected chi connectivity index (χ1v) is 13.0. The Morgan fingerprint density at radius 1 is 1.29 bits per heavy atom. The van der Waals surface area contributed by atoms with Gasteiger partial charge in [0.2, 0.25) is 16.0 Å². The van der Waals surface area contributed by atoms with Crippen molar-refractivity contribution in [1.29, 1.82) is 0 Å². The summed E-state index contributed by atoms with van der Waals surface area (Å²) in [7, 11) is -1.91. The Hall–Kier alpha value is -3.22. The molecule has 1 saturated carbocycles. The van der Waals surface area contributed by atoms with E-state index in [-0.39, 0.29) is 10.9 Å². The van der Waals surface area contributed by atoms with Crippen LogP contribution in [0.15, 0.2) is 51.1 Å². The Morgan fingerprint density at radius 3 is 2.74 bits per heavy atom. The normalized spacial score (nSPS) is 22.7. The SMILES string of the molecule is Cc1cc([C@H]2CN=C3N(Cc4cnn(C)c4)C(O)c4cc(S(=O)(=O)NC5(C)CC5)ccc4N32)on1. The summed E-state index contributed by atoms with van der Waals surface area (Å²) in [5.41, 5.74) is 2.43. The highest BCUT2D eigenvalue weighted by molar-refractivity contribution is 7.89. The number of anilines is 1. The van der Waals surface area contributed by atoms with E-state index in [0.29, 0.717) is 36.1 Å². The van der Waals surface area contributed by atoms with Crippen molar-refractivity contribution in [3.63, 3.8) is 0 Å². The summed E-state index contributed by atoms with van der Waals surface area (Å²) in [6.07, 6.45) is 4.14. The molecule has 0 amide bonds. The monoisotopic (exact) mass is 497 g/mol. The minimum atomic E-state index is -3.74. The van der Waals surface area contributed by atoms with Crippen LogP contribution >= 0.6 is 0 Å². The first-order valence-electron chi connectivity index (χ1n) is 11.5. The number of aryl methyl sites for hydroxylation is 2. The third-order valence-corrected chi connectivity index (χ3v) is 8.43. The number of rotatable bonds is 6. The van der Waals surface area contributed by atoms with Crippen LogP contribution < -0.4 is 9.62 Å². The van der Waals surface area contributed by atoms with Gasteiger partial charge in [-0.3, -0.25) is 9.58 Å². The first-order chi connectivity index (χ1) is 16.6. The van der Waals surface area contributed by atoms with Crippen molar-refractivity contribution in [2.75, 3.05) is 11.4 Å². The molecule has 3 aromatic rings. The molecule has 1 aliphatic carbocycles. The Labute approximate surface area is 203 Å². The summed E-state index contributed by atoms with van der Waals surface area (Å²) in [5.74, 6) is 1.25. The second-order valence-corrected chi connectivity index (χ2v) is 11.5. The number of benzene rings is 1. The highest BCUT2D eigenvalue weighted by Gasteiger charge is 2.45. The van der Waals surface area contributed by atoms with E-state index in [4.69, 9.17) is 9.52 Å². The zero-order chi connectivity index (χ0) is 24.5. The van der Waals surface area contributed by atoms with Crippen LogP contribution in [0.5, 0.6) is 0 Å². The molecule has 35 heavy (non-hydrogen) atoms. The zero-order valence-corrected chi connectivity index (χ0v) is 20.5. The number of aliphatic hydroxyl groups excluding tert-OH is 1. The van der Waals surface area contributed by atoms with E-state index in [1.54, 1.807) is 34.0 Å². The Morgan fingerprint density at radius 2 is 2.09 bits per heavy atom. The van der Waals surface area contributed by atoms with Crippen LogP contribution in [-0.4, -0.2) is 51.4 Å². The third kappa shape index (κ3) is 3.81. The standard InChI is InChI=1S/C23H27N7O4S/c1-14-8-20(34-26-14)19-11-24-22-29(13-15-10-25-28(3)12-15)21(31)17-9-16(4-5-18(17)30(19)22)35(32,33)27-23(2)6-7-23/h4-5,8-10,12,19,21,27,31H,6-7,11,13H2,1-3H3/t19-,21?/m1/s1. The molecule has 0 bridgehead atoms. The molecule has 0 saturated heterocycles. The minimum absolute atomic E-state index is 0.122. The molecule has 2 aliphatic heterocycles. The number of aliphatic imine (C=N–C) groups is 1. The van der Waals surface area contributed by atoms with Crippen molar-refractivity contribution >= 4 is 21.7 Å². The van der Waals surface area contributed by atoms with Gasteiger partial charge in [0, 0.05) is 36.0 Å². The molecule has 184 valence electrons. The van der Waals surface area contributed by atoms with Crippen LogP contribution in [0, 0.1) is 6.92 Å². The summed E-state index contributed by atoms with van der Waals surface area (Å²) in [6, 6.07) is 6.48. The smallest absolute Gasteiger partial charge is 0.241 e. The molecule has 1 aromatic carbocycles. The molecule has 0 spiro atoms. The predicted molar refractivity (Wildman–Crippen MR) is 127 cm³/mol. The second-order valence-electron chi connectivity index (χ2n) is 9.81. The van der Waals surface area contributed by atoms with Crippen molar-refractivity contribution in [2.45, 2.75) is 55.9 Å². The van der Waals surface area contributed by atoms with Gasteiger partial charge in [0.05, 0.1) is 35.6 Å². The molecule has 2 N–H and O–H groups in total. The molecule has 2 aromatic heterocycles. The molecule has 3 aliphatic rings. The fourth-order valence-corrected chi connectivity index (χ4v) is 6.21. The molecular formula is C23H27N7O4S. The molecule has 2 atom stereocenters. The maximum absolute atomic E-state index is 13.1. The van der Waals surface area contributed by atoms with E-state index < -0.39 is 21.8 Å². The van der Waals surface area contributed by atoms with Crippen LogP contribution in [0.1, 0.15) is 54.6 Å². The van der Waals surface area contributed by atoms with E-state index in [2.05, 4.69) is 15.0 Å². The number of fused-ring (bicyclic) bond motifs is 3. The average molecular weight is 498 g/mol. The maximum Gasteiger partial charge on any atom is 0.241 e. The quantitative estimate of drug-likeness (QED) is 0.529. The predicted octanol–water partition coefficient (Wildman–Crippen LogP) is 1.97. The number of hydrogen-bond acceptors (Lipinski definition) is 9. The van der Waals surface area contributed by atoms with Gasteiger partial charge in [0.15, 0.2) is 12.0 Å². The lowest BCUT2D eigenvalue weighted by atomic mass is 10.0. The van der Waals surface area contributed by atoms with Crippen LogP contribution in [0.4, 0.5) is 5.69 Å². The fourth-order valence-electron chi connectivity index (χ4n) is 4.71. The van der Waals surface area contributed by atoms with E-state index >= 15 is 0 Å². The van der Waals surface area contributed by atoms with E-state index in [1.807, 2.05) is 38.1 Å². The minimum Gasteiger partial charge on any atom is -0.369 e. The topological polar surface area (TPSA) is 129 Å². The van der Waals surface area contributed by atoms with E-state index in [1.165, 1.54) is 0 Å². The van der Waals surface area contributed by atoms with Gasteiger partial charge in [-0.1, -0.05) is 5.16 Å². The number of nitrogens with zero attached hydrogens (tertiary/aromatic N) is 6. The van der Waals surface area contributed by atoms with Gasteiger partial charge in [-0.2, -0.15) is 5.10 Å². The number of hydrogen-bond donors (Lipinski definition) is 2. The van der Waals surface area contributed by atoms with Crippen LogP contribution in [0.25, 0.3) is 0 Å². The molecule has 0 radical (unpaired) electrons. The number of guanidine groups is 1. The largest absolute Gasteiger partial charge is 0.369 e. The Kier molecular flexibility index (Phi) is 4.86. The summed E-state index contributed by atoms with van der Waals surface area (Å²) < 4.78 is 36.2. The molecule has 6 rings (SSSR count). The maximum atomic E-state index is 13.1. The van der Waals surface area contributed by atoms with Gasteiger partial charge < -0.3 is 14.5 Å². The van der Waals surface area contributed by atoms with Gasteiger partial charge >= 0.3 is 0 Å². The van der Waals surface area contributed by atoms with Crippen LogP contribution in [-0.2, 0) is 23.6 Å². The van der Waals surface area contributed by atoms with Gasteiger partial charge in [-0.05, 0) is 44.9 Å². The Balaban J connectivity index is 1.44. The number of sulfonamides is 1. The molecule has 4 heterocycles. The molecule has 1 fully saturated rings. The van der Waals surface area contributed by atoms with Crippen LogP contribution in [0.3, 0.4) is 0 Å². The summed E-state index contributed by atoms with van der Waals surface area (Å²) in [4.78, 5) is 8.62. The number of nitrogens with one attached hydrogen (secondary N) is 1. The van der Waals surface area contributed by atoms with Crippen molar-refractivity contribution in [1.82, 2.24) is 24.6 Å².